The Morgan fingerprint density at radius 1 is 0.905 bits per heavy atom. The highest BCUT2D eigenvalue weighted by molar-refractivity contribution is 6.11. The Morgan fingerprint density at radius 2 is 1.62 bits per heavy atom. The molecule has 0 saturated heterocycles. The maximum Gasteiger partial charge on any atom is 0.326 e. The molecular formula is C33H31N3O6. The van der Waals surface area contributed by atoms with Gasteiger partial charge in [0.2, 0.25) is 0 Å². The largest absolute Gasteiger partial charge is 0.507 e. The molecule has 9 nitrogen and oxygen atoms in total. The quantitative estimate of drug-likeness (QED) is 0.152. The Kier molecular flexibility index (Phi) is 7.43. The van der Waals surface area contributed by atoms with Crippen LogP contribution in [0.2, 0.25) is 0 Å². The molecule has 4 aromatic carbocycles. The number of carbonyl (C=O) groups excluding carboxylic acids is 1. The van der Waals surface area contributed by atoms with Gasteiger partial charge in [-0.05, 0) is 58.2 Å². The second-order valence-electron chi connectivity index (χ2n) is 11.3. The predicted molar refractivity (Wildman–Crippen MR) is 161 cm³/mol. The van der Waals surface area contributed by atoms with Gasteiger partial charge in [0.15, 0.2) is 0 Å². The maximum atomic E-state index is 12.8. The lowest BCUT2D eigenvalue weighted by molar-refractivity contribution is -0.140. The number of aromatic nitrogens is 2. The Bertz CT molecular complexity index is 1830. The lowest BCUT2D eigenvalue weighted by Gasteiger charge is -2.19. The molecule has 0 saturated carbocycles. The summed E-state index contributed by atoms with van der Waals surface area (Å²) in [6.07, 6.45) is -0.678. The number of rotatable bonds is 8. The molecule has 1 amide bonds. The van der Waals surface area contributed by atoms with E-state index in [-0.39, 0.29) is 23.1 Å². The molecule has 1 heterocycles. The van der Waals surface area contributed by atoms with Crippen molar-refractivity contribution in [3.05, 3.63) is 83.9 Å². The van der Waals surface area contributed by atoms with Crippen molar-refractivity contribution in [1.29, 1.82) is 0 Å². The van der Waals surface area contributed by atoms with E-state index in [1.54, 1.807) is 12.1 Å². The van der Waals surface area contributed by atoms with Crippen LogP contribution in [0, 0.1) is 0 Å². The summed E-state index contributed by atoms with van der Waals surface area (Å²) >= 11 is 0. The SMILES string of the molecule is CC(C)(C)c1ccc(-c2cccc(-c3nc4c(ccc5cc(C(=O)N[C@@H](CCC(=O)O)C(=O)O)cc(O)c54)[nH]3)c2)cc1. The van der Waals surface area contributed by atoms with Crippen LogP contribution in [0.1, 0.15) is 49.5 Å². The zero-order chi connectivity index (χ0) is 30.2. The number of aliphatic carboxylic acids is 2. The molecule has 0 bridgehead atoms. The van der Waals surface area contributed by atoms with Crippen LogP contribution in [0.4, 0.5) is 0 Å². The van der Waals surface area contributed by atoms with E-state index >= 15 is 0 Å². The van der Waals surface area contributed by atoms with E-state index in [0.717, 1.165) is 16.7 Å². The molecule has 214 valence electrons. The van der Waals surface area contributed by atoms with E-state index in [9.17, 15) is 24.6 Å². The first kappa shape index (κ1) is 28.4. The van der Waals surface area contributed by atoms with E-state index in [1.165, 1.54) is 17.7 Å². The van der Waals surface area contributed by atoms with Gasteiger partial charge in [0.1, 0.15) is 23.1 Å². The van der Waals surface area contributed by atoms with Crippen LogP contribution < -0.4 is 5.32 Å². The number of nitrogens with one attached hydrogen (secondary N) is 2. The number of phenolic OH excluding ortho intramolecular Hbond substituents is 1. The number of benzene rings is 4. The summed E-state index contributed by atoms with van der Waals surface area (Å²) in [5, 5.41) is 32.5. The van der Waals surface area contributed by atoms with Crippen LogP contribution in [0.5, 0.6) is 5.75 Å². The number of imidazole rings is 1. The van der Waals surface area contributed by atoms with Crippen LogP contribution in [-0.4, -0.2) is 49.2 Å². The number of amides is 1. The van der Waals surface area contributed by atoms with Crippen molar-refractivity contribution >= 4 is 39.7 Å². The van der Waals surface area contributed by atoms with Crippen molar-refractivity contribution in [3.63, 3.8) is 0 Å². The predicted octanol–water partition coefficient (Wildman–Crippen LogP) is 6.10. The molecule has 0 spiro atoms. The summed E-state index contributed by atoms with van der Waals surface area (Å²) in [7, 11) is 0. The number of carbonyl (C=O) groups is 3. The molecule has 0 fully saturated rings. The number of aromatic amines is 1. The Balaban J connectivity index is 1.46. The van der Waals surface area contributed by atoms with Gasteiger partial charge in [0.05, 0.1) is 10.9 Å². The average Bonchev–Trinajstić information content (AvgIpc) is 3.39. The zero-order valence-corrected chi connectivity index (χ0v) is 23.4. The molecule has 0 radical (unpaired) electrons. The summed E-state index contributed by atoms with van der Waals surface area (Å²) in [5.41, 5.74) is 5.59. The summed E-state index contributed by atoms with van der Waals surface area (Å²) in [4.78, 5) is 43.3. The van der Waals surface area contributed by atoms with Gasteiger partial charge in [-0.25, -0.2) is 9.78 Å². The second-order valence-corrected chi connectivity index (χ2v) is 11.3. The van der Waals surface area contributed by atoms with Gasteiger partial charge in [-0.2, -0.15) is 0 Å². The van der Waals surface area contributed by atoms with Crippen molar-refractivity contribution in [2.75, 3.05) is 0 Å². The molecule has 0 aliphatic heterocycles. The summed E-state index contributed by atoms with van der Waals surface area (Å²) in [6.45, 7) is 6.55. The van der Waals surface area contributed by atoms with E-state index < -0.39 is 30.3 Å². The number of hydrogen-bond donors (Lipinski definition) is 5. The highest BCUT2D eigenvalue weighted by Gasteiger charge is 2.23. The highest BCUT2D eigenvalue weighted by Crippen LogP contribution is 2.35. The minimum Gasteiger partial charge on any atom is -0.507 e. The van der Waals surface area contributed by atoms with E-state index in [1.807, 2.05) is 18.2 Å². The monoisotopic (exact) mass is 565 g/mol. The van der Waals surface area contributed by atoms with Gasteiger partial charge in [-0.3, -0.25) is 9.59 Å². The molecule has 5 N–H and O–H groups in total. The van der Waals surface area contributed by atoms with Crippen LogP contribution in [-0.2, 0) is 15.0 Å². The number of aromatic hydroxyl groups is 1. The molecule has 5 aromatic rings. The fourth-order valence-corrected chi connectivity index (χ4v) is 4.95. The van der Waals surface area contributed by atoms with Gasteiger partial charge in [0.25, 0.3) is 5.91 Å². The molecule has 1 aromatic heterocycles. The fourth-order valence-electron chi connectivity index (χ4n) is 4.95. The number of carboxylic acid groups (broad SMARTS) is 2. The number of phenols is 1. The molecule has 42 heavy (non-hydrogen) atoms. The zero-order valence-electron chi connectivity index (χ0n) is 23.4. The first-order valence-corrected chi connectivity index (χ1v) is 13.5. The lowest BCUT2D eigenvalue weighted by atomic mass is 9.86. The van der Waals surface area contributed by atoms with E-state index in [4.69, 9.17) is 10.1 Å². The molecular weight excluding hydrogens is 534 g/mol. The van der Waals surface area contributed by atoms with Gasteiger partial charge < -0.3 is 25.6 Å². The molecule has 9 heteroatoms. The van der Waals surface area contributed by atoms with Gasteiger partial charge in [0, 0.05) is 17.5 Å². The number of nitrogens with zero attached hydrogens (tertiary/aromatic N) is 1. The number of H-pyrrole nitrogens is 1. The standard InChI is InChI=1S/C33H31N3O6/c1-33(2,3)23-10-7-18(8-11-23)19-5-4-6-21(15-19)30-34-24-12-9-20-16-22(17-26(37)28(20)29(24)36-30)31(40)35-25(32(41)42)13-14-27(38)39/h4-12,15-17,25,37H,13-14H2,1-3H3,(H,34,36)(H,35,40)(H,38,39)(H,41,42)/t25-/m0/s1. The van der Waals surface area contributed by atoms with Crippen molar-refractivity contribution < 1.29 is 29.7 Å². The van der Waals surface area contributed by atoms with Crippen LogP contribution in [0.15, 0.2) is 72.8 Å². The first-order chi connectivity index (χ1) is 19.9. The number of fused-ring (bicyclic) bond motifs is 3. The third kappa shape index (κ3) is 5.81. The smallest absolute Gasteiger partial charge is 0.326 e. The second kappa shape index (κ2) is 11.0. The molecule has 0 aliphatic carbocycles. The fraction of sp³-hybridized carbons (Fsp3) is 0.212. The van der Waals surface area contributed by atoms with Crippen molar-refractivity contribution in [2.24, 2.45) is 0 Å². The average molecular weight is 566 g/mol. The molecule has 5 rings (SSSR count). The Morgan fingerprint density at radius 3 is 2.29 bits per heavy atom. The third-order valence-electron chi connectivity index (χ3n) is 7.28. The van der Waals surface area contributed by atoms with E-state index in [0.29, 0.717) is 27.6 Å². The van der Waals surface area contributed by atoms with Gasteiger partial charge in [-0.1, -0.05) is 69.3 Å². The minimum atomic E-state index is -1.38. The van der Waals surface area contributed by atoms with Crippen LogP contribution >= 0.6 is 0 Å². The number of carboxylic acids is 2. The number of hydrogen-bond acceptors (Lipinski definition) is 5. The minimum absolute atomic E-state index is 0.0434. The van der Waals surface area contributed by atoms with Crippen molar-refractivity contribution in [2.45, 2.75) is 45.1 Å². The highest BCUT2D eigenvalue weighted by atomic mass is 16.4. The topological polar surface area (TPSA) is 153 Å². The van der Waals surface area contributed by atoms with Gasteiger partial charge >= 0.3 is 11.9 Å². The Labute approximate surface area is 241 Å². The summed E-state index contributed by atoms with van der Waals surface area (Å²) < 4.78 is 0. The third-order valence-corrected chi connectivity index (χ3v) is 7.28. The molecule has 0 aliphatic rings. The normalized spacial score (nSPS) is 12.4. The van der Waals surface area contributed by atoms with Crippen molar-refractivity contribution in [3.8, 4) is 28.3 Å². The molecule has 0 unspecified atom stereocenters. The maximum absolute atomic E-state index is 12.8. The molecule has 1 atom stereocenters. The lowest BCUT2D eigenvalue weighted by Crippen LogP contribution is -2.41. The summed E-state index contributed by atoms with van der Waals surface area (Å²) in [5.74, 6) is -2.81. The van der Waals surface area contributed by atoms with Crippen LogP contribution in [0.25, 0.3) is 44.3 Å². The van der Waals surface area contributed by atoms with Crippen molar-refractivity contribution in [1.82, 2.24) is 15.3 Å². The summed E-state index contributed by atoms with van der Waals surface area (Å²) in [6, 6.07) is 21.5. The van der Waals surface area contributed by atoms with Crippen LogP contribution in [0.3, 0.4) is 0 Å². The van der Waals surface area contributed by atoms with Gasteiger partial charge in [-0.15, -0.1) is 0 Å². The van der Waals surface area contributed by atoms with E-state index in [2.05, 4.69) is 61.4 Å². The first-order valence-electron chi connectivity index (χ1n) is 13.5. The Hall–Kier alpha value is -5.18.